The van der Waals surface area contributed by atoms with E-state index in [1.165, 1.54) is 47.6 Å². The van der Waals surface area contributed by atoms with Crippen molar-refractivity contribution in [2.45, 2.75) is 4.90 Å². The number of amides is 3. The molecule has 2 aromatic heterocycles. The lowest BCUT2D eigenvalue weighted by molar-refractivity contribution is -0.114. The standard InChI is InChI=1S/C31H23FN4O4S2/c32-22-10-8-20(9-11-22)27-18-42-31(35-27)36-28(37)19-41-25-14-12-23(13-15-25)33-30(39)26(17-24-7-4-16-40-24)34-29(38)21-5-2-1-3-6-21/h1-18H,19H2,(H,33,39)(H,34,38)(H,35,36,37)/b26-17-. The molecular weight excluding hydrogens is 575 g/mol. The molecule has 42 heavy (non-hydrogen) atoms. The zero-order valence-corrected chi connectivity index (χ0v) is 23.5. The largest absolute Gasteiger partial charge is 0.465 e. The molecule has 0 aliphatic rings. The highest BCUT2D eigenvalue weighted by atomic mass is 32.2. The smallest absolute Gasteiger partial charge is 0.272 e. The lowest BCUT2D eigenvalue weighted by Crippen LogP contribution is -2.30. The van der Waals surface area contributed by atoms with Gasteiger partial charge in [-0.15, -0.1) is 23.1 Å². The molecule has 3 amide bonds. The number of thiazole rings is 1. The molecule has 0 atom stereocenters. The van der Waals surface area contributed by atoms with E-state index < -0.39 is 11.8 Å². The topological polar surface area (TPSA) is 113 Å². The first-order chi connectivity index (χ1) is 20.4. The molecule has 3 aromatic carbocycles. The van der Waals surface area contributed by atoms with Crippen LogP contribution in [0.3, 0.4) is 0 Å². The van der Waals surface area contributed by atoms with Gasteiger partial charge in [0.15, 0.2) is 5.13 Å². The van der Waals surface area contributed by atoms with E-state index in [1.807, 2.05) is 0 Å². The summed E-state index contributed by atoms with van der Waals surface area (Å²) in [6.07, 6.45) is 2.92. The van der Waals surface area contributed by atoms with Gasteiger partial charge in [0.2, 0.25) is 5.91 Å². The van der Waals surface area contributed by atoms with Gasteiger partial charge in [0, 0.05) is 33.2 Å². The average Bonchev–Trinajstić information content (AvgIpc) is 3.70. The lowest BCUT2D eigenvalue weighted by atomic mass is 10.2. The molecule has 11 heteroatoms. The third kappa shape index (κ3) is 7.80. The minimum atomic E-state index is -0.529. The van der Waals surface area contributed by atoms with Crippen LogP contribution in [0, 0.1) is 5.82 Å². The highest BCUT2D eigenvalue weighted by Gasteiger charge is 2.16. The Kier molecular flexibility index (Phi) is 9.22. The van der Waals surface area contributed by atoms with Crippen LogP contribution in [0.2, 0.25) is 0 Å². The molecule has 0 fully saturated rings. The number of furan rings is 1. The summed E-state index contributed by atoms with van der Waals surface area (Å²) in [6, 6.07) is 24.9. The Morgan fingerprint density at radius 3 is 2.38 bits per heavy atom. The van der Waals surface area contributed by atoms with Gasteiger partial charge in [-0.05, 0) is 72.8 Å². The zero-order valence-electron chi connectivity index (χ0n) is 21.9. The van der Waals surface area contributed by atoms with Gasteiger partial charge in [-0.25, -0.2) is 9.37 Å². The normalized spacial score (nSPS) is 11.1. The summed E-state index contributed by atoms with van der Waals surface area (Å²) < 4.78 is 18.5. The number of nitrogens with zero attached hydrogens (tertiary/aromatic N) is 1. The van der Waals surface area contributed by atoms with E-state index in [9.17, 15) is 18.8 Å². The fourth-order valence-corrected chi connectivity index (χ4v) is 5.11. The number of aromatic nitrogens is 1. The quantitative estimate of drug-likeness (QED) is 0.122. The second-order valence-corrected chi connectivity index (χ2v) is 10.7. The molecule has 0 bridgehead atoms. The highest BCUT2D eigenvalue weighted by molar-refractivity contribution is 8.00. The summed E-state index contributed by atoms with van der Waals surface area (Å²) in [6.45, 7) is 0. The van der Waals surface area contributed by atoms with E-state index in [4.69, 9.17) is 4.42 Å². The number of hydrogen-bond acceptors (Lipinski definition) is 7. The number of benzene rings is 3. The third-order valence-corrected chi connectivity index (χ3v) is 7.50. The van der Waals surface area contributed by atoms with Crippen LogP contribution in [0.25, 0.3) is 17.3 Å². The number of hydrogen-bond donors (Lipinski definition) is 3. The molecule has 8 nitrogen and oxygen atoms in total. The second-order valence-electron chi connectivity index (χ2n) is 8.75. The van der Waals surface area contributed by atoms with Crippen LogP contribution in [-0.4, -0.2) is 28.5 Å². The number of rotatable bonds is 10. The Hall–Kier alpha value is -5.00. The molecule has 0 aliphatic heterocycles. The summed E-state index contributed by atoms with van der Waals surface area (Å²) in [7, 11) is 0. The Labute approximate surface area is 248 Å². The number of carbonyl (C=O) groups excluding carboxylic acids is 3. The van der Waals surface area contributed by atoms with Gasteiger partial charge < -0.3 is 20.4 Å². The summed E-state index contributed by atoms with van der Waals surface area (Å²) in [5, 5.41) is 10.5. The van der Waals surface area contributed by atoms with Crippen LogP contribution >= 0.6 is 23.1 Å². The summed E-state index contributed by atoms with van der Waals surface area (Å²) in [4.78, 5) is 43.4. The van der Waals surface area contributed by atoms with E-state index in [1.54, 1.807) is 84.2 Å². The maximum absolute atomic E-state index is 13.2. The second kappa shape index (κ2) is 13.6. The van der Waals surface area contributed by atoms with Gasteiger partial charge in [0.25, 0.3) is 11.8 Å². The third-order valence-electron chi connectivity index (χ3n) is 5.73. The first-order valence-electron chi connectivity index (χ1n) is 12.6. The van der Waals surface area contributed by atoms with Crippen LogP contribution in [0.5, 0.6) is 0 Å². The predicted molar refractivity (Wildman–Crippen MR) is 163 cm³/mol. The van der Waals surface area contributed by atoms with E-state index in [2.05, 4.69) is 20.9 Å². The first-order valence-corrected chi connectivity index (χ1v) is 14.5. The molecule has 0 aliphatic carbocycles. The molecule has 3 N–H and O–H groups in total. The van der Waals surface area contributed by atoms with Crippen molar-refractivity contribution in [3.05, 3.63) is 125 Å². The van der Waals surface area contributed by atoms with E-state index in [0.717, 1.165) is 10.5 Å². The Morgan fingerprint density at radius 1 is 0.905 bits per heavy atom. The van der Waals surface area contributed by atoms with Gasteiger partial charge in [-0.1, -0.05) is 18.2 Å². The van der Waals surface area contributed by atoms with E-state index in [-0.39, 0.29) is 23.2 Å². The van der Waals surface area contributed by atoms with Crippen LogP contribution in [0.4, 0.5) is 15.2 Å². The molecule has 5 rings (SSSR count). The number of carbonyl (C=O) groups is 3. The molecule has 0 saturated carbocycles. The van der Waals surface area contributed by atoms with Crippen molar-refractivity contribution in [1.82, 2.24) is 10.3 Å². The fourth-order valence-electron chi connectivity index (χ4n) is 3.68. The lowest BCUT2D eigenvalue weighted by Gasteiger charge is -2.11. The molecule has 210 valence electrons. The van der Waals surface area contributed by atoms with Crippen LogP contribution in [-0.2, 0) is 9.59 Å². The van der Waals surface area contributed by atoms with Gasteiger partial charge >= 0.3 is 0 Å². The van der Waals surface area contributed by atoms with Gasteiger partial charge in [0.05, 0.1) is 17.7 Å². The Morgan fingerprint density at radius 2 is 1.67 bits per heavy atom. The van der Waals surface area contributed by atoms with Crippen molar-refractivity contribution in [3.8, 4) is 11.3 Å². The number of nitrogens with one attached hydrogen (secondary N) is 3. The number of anilines is 2. The monoisotopic (exact) mass is 598 g/mol. The van der Waals surface area contributed by atoms with Crippen molar-refractivity contribution >= 4 is 57.7 Å². The number of halogens is 1. The predicted octanol–water partition coefficient (Wildman–Crippen LogP) is 6.68. The van der Waals surface area contributed by atoms with E-state index in [0.29, 0.717) is 27.8 Å². The van der Waals surface area contributed by atoms with Crippen molar-refractivity contribution in [1.29, 1.82) is 0 Å². The molecular formula is C31H23FN4O4S2. The highest BCUT2D eigenvalue weighted by Crippen LogP contribution is 2.26. The van der Waals surface area contributed by atoms with Gasteiger partial charge in [-0.2, -0.15) is 0 Å². The van der Waals surface area contributed by atoms with Crippen LogP contribution in [0.1, 0.15) is 16.1 Å². The summed E-state index contributed by atoms with van der Waals surface area (Å²) in [5.74, 6) is -0.952. The van der Waals surface area contributed by atoms with E-state index >= 15 is 0 Å². The minimum absolute atomic E-state index is 0.0127. The maximum atomic E-state index is 13.2. The average molecular weight is 599 g/mol. The zero-order chi connectivity index (χ0) is 29.3. The Balaban J connectivity index is 1.15. The summed E-state index contributed by atoms with van der Waals surface area (Å²) >= 11 is 2.61. The molecule has 0 unspecified atom stereocenters. The van der Waals surface area contributed by atoms with Crippen LogP contribution in [0.15, 0.2) is 118 Å². The SMILES string of the molecule is O=C(CSc1ccc(NC(=O)/C(=C/c2ccco2)NC(=O)c2ccccc2)cc1)Nc1nc(-c2ccc(F)cc2)cs1. The van der Waals surface area contributed by atoms with Gasteiger partial charge in [0.1, 0.15) is 17.3 Å². The molecule has 2 heterocycles. The molecule has 0 spiro atoms. The Bertz CT molecular complexity index is 1700. The van der Waals surface area contributed by atoms with Crippen molar-refractivity contribution in [3.63, 3.8) is 0 Å². The molecule has 0 radical (unpaired) electrons. The summed E-state index contributed by atoms with van der Waals surface area (Å²) in [5.41, 5.74) is 2.34. The number of thioether (sulfide) groups is 1. The fraction of sp³-hybridized carbons (Fsp3) is 0.0323. The van der Waals surface area contributed by atoms with Crippen LogP contribution < -0.4 is 16.0 Å². The molecule has 5 aromatic rings. The molecule has 0 saturated heterocycles. The maximum Gasteiger partial charge on any atom is 0.272 e. The van der Waals surface area contributed by atoms with Crippen molar-refractivity contribution < 1.29 is 23.2 Å². The van der Waals surface area contributed by atoms with Crippen molar-refractivity contribution in [2.75, 3.05) is 16.4 Å². The minimum Gasteiger partial charge on any atom is -0.465 e. The van der Waals surface area contributed by atoms with Crippen molar-refractivity contribution in [2.24, 2.45) is 0 Å². The first kappa shape index (κ1) is 28.5. The van der Waals surface area contributed by atoms with Gasteiger partial charge in [-0.3, -0.25) is 14.4 Å².